The number of phenolic OH excluding ortho intramolecular Hbond substituents is 1. The molecule has 0 spiro atoms. The molecule has 0 aliphatic heterocycles. The third kappa shape index (κ3) is 2.95. The van der Waals surface area contributed by atoms with Gasteiger partial charge in [0.2, 0.25) is 5.91 Å². The van der Waals surface area contributed by atoms with Crippen molar-refractivity contribution in [2.75, 3.05) is 14.1 Å². The van der Waals surface area contributed by atoms with E-state index in [4.69, 9.17) is 5.73 Å². The van der Waals surface area contributed by atoms with E-state index in [0.717, 1.165) is 4.90 Å². The number of likely N-dealkylation sites (N-methyl/N-ethyl adjacent to an activating group) is 1. The first-order valence-electron chi connectivity index (χ1n) is 5.34. The number of hydrogen-bond donors (Lipinski definition) is 2. The lowest BCUT2D eigenvalue weighted by Crippen LogP contribution is -2.60. The molecule has 0 saturated carbocycles. The fourth-order valence-corrected chi connectivity index (χ4v) is 1.67. The Morgan fingerprint density at radius 2 is 2.11 bits per heavy atom. The van der Waals surface area contributed by atoms with E-state index in [-0.39, 0.29) is 12.2 Å². The monoisotopic (exact) mass is 258 g/mol. The van der Waals surface area contributed by atoms with E-state index in [9.17, 15) is 18.7 Å². The SMILES string of the molecule is CN(C)C(=O)C(N)(Cc1cccc(O)c1)C(F)F. The minimum absolute atomic E-state index is 0.0542. The van der Waals surface area contributed by atoms with Crippen LogP contribution in [0.3, 0.4) is 0 Å². The van der Waals surface area contributed by atoms with Crippen LogP contribution in [0.2, 0.25) is 0 Å². The molecule has 6 heteroatoms. The molecular weight excluding hydrogens is 242 g/mol. The van der Waals surface area contributed by atoms with E-state index >= 15 is 0 Å². The fourth-order valence-electron chi connectivity index (χ4n) is 1.67. The zero-order valence-corrected chi connectivity index (χ0v) is 10.2. The summed E-state index contributed by atoms with van der Waals surface area (Å²) < 4.78 is 26.1. The summed E-state index contributed by atoms with van der Waals surface area (Å²) in [6, 6.07) is 5.77. The number of benzene rings is 1. The highest BCUT2D eigenvalue weighted by molar-refractivity contribution is 5.86. The summed E-state index contributed by atoms with van der Waals surface area (Å²) in [5.41, 5.74) is 3.65. The fraction of sp³-hybridized carbons (Fsp3) is 0.417. The number of amides is 1. The van der Waals surface area contributed by atoms with Crippen molar-refractivity contribution in [2.45, 2.75) is 18.4 Å². The maximum Gasteiger partial charge on any atom is 0.265 e. The molecule has 0 radical (unpaired) electrons. The second kappa shape index (κ2) is 5.30. The Kier molecular flexibility index (Phi) is 4.24. The summed E-state index contributed by atoms with van der Waals surface area (Å²) in [5, 5.41) is 9.27. The van der Waals surface area contributed by atoms with Crippen molar-refractivity contribution < 1.29 is 18.7 Å². The number of rotatable bonds is 4. The quantitative estimate of drug-likeness (QED) is 0.846. The molecule has 1 aromatic carbocycles. The molecule has 4 nitrogen and oxygen atoms in total. The van der Waals surface area contributed by atoms with Gasteiger partial charge >= 0.3 is 0 Å². The minimum Gasteiger partial charge on any atom is -0.508 e. The van der Waals surface area contributed by atoms with Gasteiger partial charge in [0.25, 0.3) is 6.43 Å². The topological polar surface area (TPSA) is 66.6 Å². The van der Waals surface area contributed by atoms with Crippen LogP contribution in [0.25, 0.3) is 0 Å². The second-order valence-corrected chi connectivity index (χ2v) is 4.39. The van der Waals surface area contributed by atoms with Crippen LogP contribution in [0.4, 0.5) is 8.78 Å². The van der Waals surface area contributed by atoms with Gasteiger partial charge in [-0.15, -0.1) is 0 Å². The maximum atomic E-state index is 13.0. The molecule has 1 aromatic rings. The van der Waals surface area contributed by atoms with Crippen molar-refractivity contribution in [1.82, 2.24) is 4.90 Å². The summed E-state index contributed by atoms with van der Waals surface area (Å²) in [6.45, 7) is 0. The summed E-state index contributed by atoms with van der Waals surface area (Å²) in [4.78, 5) is 12.8. The average Bonchev–Trinajstić information content (AvgIpc) is 2.27. The Hall–Kier alpha value is -1.69. The maximum absolute atomic E-state index is 13.0. The van der Waals surface area contributed by atoms with Gasteiger partial charge in [0.1, 0.15) is 5.75 Å². The number of phenols is 1. The lowest BCUT2D eigenvalue weighted by molar-refractivity contribution is -0.140. The van der Waals surface area contributed by atoms with E-state index < -0.39 is 17.9 Å². The molecule has 0 saturated heterocycles. The smallest absolute Gasteiger partial charge is 0.265 e. The molecule has 3 N–H and O–H groups in total. The van der Waals surface area contributed by atoms with E-state index in [2.05, 4.69) is 0 Å². The van der Waals surface area contributed by atoms with Crippen molar-refractivity contribution in [1.29, 1.82) is 0 Å². The zero-order valence-electron chi connectivity index (χ0n) is 10.2. The van der Waals surface area contributed by atoms with E-state index in [1.165, 1.54) is 38.4 Å². The highest BCUT2D eigenvalue weighted by Gasteiger charge is 2.44. The number of aromatic hydroxyl groups is 1. The first kappa shape index (κ1) is 14.4. The van der Waals surface area contributed by atoms with Gasteiger partial charge < -0.3 is 15.7 Å². The Labute approximate surface area is 104 Å². The van der Waals surface area contributed by atoms with Crippen LogP contribution in [-0.2, 0) is 11.2 Å². The van der Waals surface area contributed by atoms with E-state index in [1.54, 1.807) is 0 Å². The number of hydrogen-bond acceptors (Lipinski definition) is 3. The van der Waals surface area contributed by atoms with E-state index in [0.29, 0.717) is 5.56 Å². The predicted molar refractivity (Wildman–Crippen MR) is 63.4 cm³/mol. The predicted octanol–water partition coefficient (Wildman–Crippen LogP) is 0.985. The van der Waals surface area contributed by atoms with Crippen LogP contribution in [0.5, 0.6) is 5.75 Å². The lowest BCUT2D eigenvalue weighted by atomic mass is 9.90. The molecule has 1 rings (SSSR count). The Morgan fingerprint density at radius 1 is 1.50 bits per heavy atom. The number of nitrogens with two attached hydrogens (primary N) is 1. The van der Waals surface area contributed by atoms with Gasteiger partial charge in [0, 0.05) is 20.5 Å². The number of halogens is 2. The molecule has 0 bridgehead atoms. The van der Waals surface area contributed by atoms with Crippen molar-refractivity contribution >= 4 is 5.91 Å². The van der Waals surface area contributed by atoms with Gasteiger partial charge in [-0.2, -0.15) is 0 Å². The van der Waals surface area contributed by atoms with Crippen LogP contribution in [-0.4, -0.2) is 42.0 Å². The molecule has 100 valence electrons. The van der Waals surface area contributed by atoms with Crippen LogP contribution < -0.4 is 5.73 Å². The third-order valence-electron chi connectivity index (χ3n) is 2.60. The van der Waals surface area contributed by atoms with Crippen LogP contribution in [0.1, 0.15) is 5.56 Å². The third-order valence-corrected chi connectivity index (χ3v) is 2.60. The number of alkyl halides is 2. The summed E-state index contributed by atoms with van der Waals surface area (Å²) >= 11 is 0. The van der Waals surface area contributed by atoms with Crippen molar-refractivity contribution in [2.24, 2.45) is 5.73 Å². The van der Waals surface area contributed by atoms with Crippen molar-refractivity contribution in [3.8, 4) is 5.75 Å². The van der Waals surface area contributed by atoms with Gasteiger partial charge in [0.15, 0.2) is 5.54 Å². The van der Waals surface area contributed by atoms with Crippen molar-refractivity contribution in [3.05, 3.63) is 29.8 Å². The standard InChI is InChI=1S/C12H16F2N2O2/c1-16(2)11(18)12(15,10(13)14)7-8-4-3-5-9(17)6-8/h3-6,10,17H,7,15H2,1-2H3. The summed E-state index contributed by atoms with van der Waals surface area (Å²) in [7, 11) is 2.74. The lowest BCUT2D eigenvalue weighted by Gasteiger charge is -2.30. The molecule has 1 unspecified atom stereocenters. The first-order chi connectivity index (χ1) is 8.27. The van der Waals surface area contributed by atoms with Gasteiger partial charge in [0.05, 0.1) is 0 Å². The van der Waals surface area contributed by atoms with Gasteiger partial charge in [-0.05, 0) is 17.7 Å². The Balaban J connectivity index is 3.04. The van der Waals surface area contributed by atoms with Crippen molar-refractivity contribution in [3.63, 3.8) is 0 Å². The molecule has 0 aliphatic rings. The number of nitrogens with zero attached hydrogens (tertiary/aromatic N) is 1. The summed E-state index contributed by atoms with van der Waals surface area (Å²) in [6.07, 6.45) is -3.33. The van der Waals surface area contributed by atoms with Gasteiger partial charge in [-0.1, -0.05) is 12.1 Å². The normalized spacial score (nSPS) is 14.3. The minimum atomic E-state index is -2.99. The van der Waals surface area contributed by atoms with Gasteiger partial charge in [-0.3, -0.25) is 4.79 Å². The molecule has 0 heterocycles. The zero-order chi connectivity index (χ0) is 13.9. The molecule has 18 heavy (non-hydrogen) atoms. The highest BCUT2D eigenvalue weighted by Crippen LogP contribution is 2.23. The molecule has 0 aliphatic carbocycles. The largest absolute Gasteiger partial charge is 0.508 e. The van der Waals surface area contributed by atoms with E-state index in [1.807, 2.05) is 0 Å². The molecular formula is C12H16F2N2O2. The highest BCUT2D eigenvalue weighted by atomic mass is 19.3. The second-order valence-electron chi connectivity index (χ2n) is 4.39. The summed E-state index contributed by atoms with van der Waals surface area (Å²) in [5.74, 6) is -0.901. The molecule has 1 atom stereocenters. The number of carbonyl (C=O) groups is 1. The van der Waals surface area contributed by atoms with Crippen LogP contribution in [0, 0.1) is 0 Å². The Bertz CT molecular complexity index is 438. The van der Waals surface area contributed by atoms with Crippen LogP contribution in [0.15, 0.2) is 24.3 Å². The Morgan fingerprint density at radius 3 is 2.56 bits per heavy atom. The number of carbonyl (C=O) groups excluding carboxylic acids is 1. The van der Waals surface area contributed by atoms with Gasteiger partial charge in [-0.25, -0.2) is 8.78 Å². The first-order valence-corrected chi connectivity index (χ1v) is 5.34. The molecule has 1 amide bonds. The average molecular weight is 258 g/mol. The van der Waals surface area contributed by atoms with Crippen LogP contribution >= 0.6 is 0 Å². The molecule has 0 aromatic heterocycles. The molecule has 0 fully saturated rings.